The van der Waals surface area contributed by atoms with Crippen LogP contribution in [0.25, 0.3) is 0 Å². The largest absolute Gasteiger partial charge is 0.397 e. The van der Waals surface area contributed by atoms with Crippen LogP contribution in [0.2, 0.25) is 0 Å². The van der Waals surface area contributed by atoms with E-state index in [-0.39, 0.29) is 0 Å². The summed E-state index contributed by atoms with van der Waals surface area (Å²) in [4.78, 5) is 11.1. The molecule has 0 bridgehead atoms. The number of rotatable bonds is 5. The second-order valence-electron chi connectivity index (χ2n) is 3.97. The molecule has 0 spiro atoms. The highest BCUT2D eigenvalue weighted by Crippen LogP contribution is 2.20. The maximum Gasteiger partial charge on any atom is 0.248 e. The molecule has 18 heavy (non-hydrogen) atoms. The highest BCUT2D eigenvalue weighted by Gasteiger charge is 2.04. The van der Waals surface area contributed by atoms with Gasteiger partial charge in [0.2, 0.25) is 5.91 Å². The third kappa shape index (κ3) is 3.01. The Morgan fingerprint density at radius 2 is 2.17 bits per heavy atom. The van der Waals surface area contributed by atoms with Crippen molar-refractivity contribution in [2.75, 3.05) is 17.6 Å². The van der Waals surface area contributed by atoms with Crippen LogP contribution in [0, 0.1) is 0 Å². The first-order valence-corrected chi connectivity index (χ1v) is 6.55. The Bertz CT molecular complexity index is 537. The van der Waals surface area contributed by atoms with E-state index in [1.807, 2.05) is 0 Å². The fourth-order valence-electron chi connectivity index (χ4n) is 1.64. The number of carbonyl (C=O) groups excluding carboxylic acids is 1. The highest BCUT2D eigenvalue weighted by molar-refractivity contribution is 7.07. The monoisotopic (exact) mass is 261 g/mol. The molecule has 0 aliphatic rings. The molecule has 0 aliphatic heterocycles. The van der Waals surface area contributed by atoms with Crippen LogP contribution in [0.5, 0.6) is 0 Å². The summed E-state index contributed by atoms with van der Waals surface area (Å²) in [5, 5.41) is 7.39. The zero-order chi connectivity index (χ0) is 13.0. The van der Waals surface area contributed by atoms with Crippen LogP contribution in [0.15, 0.2) is 35.0 Å². The maximum absolute atomic E-state index is 11.1. The van der Waals surface area contributed by atoms with Gasteiger partial charge in [0.1, 0.15) is 0 Å². The van der Waals surface area contributed by atoms with Gasteiger partial charge in [0.25, 0.3) is 0 Å². The van der Waals surface area contributed by atoms with Gasteiger partial charge in [-0.1, -0.05) is 0 Å². The van der Waals surface area contributed by atoms with E-state index >= 15 is 0 Å². The van der Waals surface area contributed by atoms with Crippen molar-refractivity contribution < 1.29 is 4.79 Å². The molecule has 4 nitrogen and oxygen atoms in total. The van der Waals surface area contributed by atoms with Gasteiger partial charge in [0, 0.05) is 12.1 Å². The van der Waals surface area contributed by atoms with Gasteiger partial charge in [-0.2, -0.15) is 11.3 Å². The van der Waals surface area contributed by atoms with Crippen molar-refractivity contribution in [2.24, 2.45) is 5.73 Å². The standard InChI is InChI=1S/C13H15N3OS/c14-11-2-1-10(13(15)17)7-12(11)16-5-3-9-4-6-18-8-9/h1-2,4,6-8,16H,3,5,14H2,(H2,15,17). The number of nitrogens with two attached hydrogens (primary N) is 2. The zero-order valence-corrected chi connectivity index (χ0v) is 10.7. The zero-order valence-electron chi connectivity index (χ0n) is 9.85. The predicted molar refractivity (Wildman–Crippen MR) is 75.9 cm³/mol. The Kier molecular flexibility index (Phi) is 3.84. The minimum absolute atomic E-state index is 0.448. The summed E-state index contributed by atoms with van der Waals surface area (Å²) in [6.45, 7) is 0.767. The second-order valence-corrected chi connectivity index (χ2v) is 4.75. The van der Waals surface area contributed by atoms with E-state index in [4.69, 9.17) is 11.5 Å². The van der Waals surface area contributed by atoms with E-state index in [0.717, 1.165) is 18.7 Å². The number of hydrogen-bond donors (Lipinski definition) is 3. The summed E-state index contributed by atoms with van der Waals surface area (Å²) in [5.74, 6) is -0.448. The quantitative estimate of drug-likeness (QED) is 0.721. The number of hydrogen-bond acceptors (Lipinski definition) is 4. The summed E-state index contributed by atoms with van der Waals surface area (Å²) < 4.78 is 0. The van der Waals surface area contributed by atoms with Crippen molar-refractivity contribution in [3.63, 3.8) is 0 Å². The van der Waals surface area contributed by atoms with Crippen molar-refractivity contribution >= 4 is 28.6 Å². The number of primary amides is 1. The Labute approximate surface area is 110 Å². The van der Waals surface area contributed by atoms with Gasteiger partial charge in [-0.25, -0.2) is 0 Å². The van der Waals surface area contributed by atoms with Crippen molar-refractivity contribution in [3.8, 4) is 0 Å². The fourth-order valence-corrected chi connectivity index (χ4v) is 2.34. The molecule has 2 rings (SSSR count). The highest BCUT2D eigenvalue weighted by atomic mass is 32.1. The predicted octanol–water partition coefficient (Wildman–Crippen LogP) is 2.08. The SMILES string of the molecule is NC(=O)c1ccc(N)c(NCCc2ccsc2)c1. The Balaban J connectivity index is 2.00. The molecule has 5 heteroatoms. The first-order valence-electron chi connectivity index (χ1n) is 5.61. The lowest BCUT2D eigenvalue weighted by Crippen LogP contribution is -2.13. The van der Waals surface area contributed by atoms with Crippen LogP contribution in [0.4, 0.5) is 11.4 Å². The molecule has 0 saturated carbocycles. The van der Waals surface area contributed by atoms with E-state index in [1.54, 1.807) is 29.5 Å². The normalized spacial score (nSPS) is 10.2. The minimum atomic E-state index is -0.448. The van der Waals surface area contributed by atoms with Gasteiger partial charge >= 0.3 is 0 Å². The van der Waals surface area contributed by atoms with Crippen molar-refractivity contribution in [1.29, 1.82) is 0 Å². The summed E-state index contributed by atoms with van der Waals surface area (Å²) in [5.41, 5.74) is 14.2. The molecule has 5 N–H and O–H groups in total. The molecule has 2 aromatic rings. The van der Waals surface area contributed by atoms with Crippen molar-refractivity contribution in [3.05, 3.63) is 46.2 Å². The van der Waals surface area contributed by atoms with Gasteiger partial charge in [0.15, 0.2) is 0 Å². The lowest BCUT2D eigenvalue weighted by molar-refractivity contribution is 0.100. The lowest BCUT2D eigenvalue weighted by atomic mass is 10.1. The number of anilines is 2. The molecule has 1 heterocycles. The topological polar surface area (TPSA) is 81.1 Å². The van der Waals surface area contributed by atoms with Gasteiger partial charge in [-0.05, 0) is 47.0 Å². The smallest absolute Gasteiger partial charge is 0.248 e. The van der Waals surface area contributed by atoms with E-state index in [9.17, 15) is 4.79 Å². The first kappa shape index (κ1) is 12.4. The van der Waals surface area contributed by atoms with Crippen LogP contribution >= 0.6 is 11.3 Å². The summed E-state index contributed by atoms with van der Waals surface area (Å²) in [6, 6.07) is 7.09. The van der Waals surface area contributed by atoms with E-state index in [1.165, 1.54) is 5.56 Å². The molecule has 0 aliphatic carbocycles. The van der Waals surface area contributed by atoms with E-state index < -0.39 is 5.91 Å². The molecule has 0 unspecified atom stereocenters. The Morgan fingerprint density at radius 3 is 2.83 bits per heavy atom. The number of benzene rings is 1. The van der Waals surface area contributed by atoms with Crippen LogP contribution in [0.1, 0.15) is 15.9 Å². The van der Waals surface area contributed by atoms with Crippen LogP contribution < -0.4 is 16.8 Å². The number of amides is 1. The third-order valence-corrected chi connectivity index (χ3v) is 3.38. The van der Waals surface area contributed by atoms with Crippen molar-refractivity contribution in [2.45, 2.75) is 6.42 Å². The summed E-state index contributed by atoms with van der Waals surface area (Å²) in [6.07, 6.45) is 0.920. The van der Waals surface area contributed by atoms with Gasteiger partial charge < -0.3 is 16.8 Å². The fraction of sp³-hybridized carbons (Fsp3) is 0.154. The minimum Gasteiger partial charge on any atom is -0.397 e. The molecule has 0 fully saturated rings. The summed E-state index contributed by atoms with van der Waals surface area (Å²) >= 11 is 1.68. The average Bonchev–Trinajstić information content (AvgIpc) is 2.84. The molecular weight excluding hydrogens is 246 g/mol. The molecule has 0 saturated heterocycles. The second kappa shape index (κ2) is 5.55. The average molecular weight is 261 g/mol. The maximum atomic E-state index is 11.1. The number of thiophene rings is 1. The first-order chi connectivity index (χ1) is 8.66. The Morgan fingerprint density at radius 1 is 1.33 bits per heavy atom. The van der Waals surface area contributed by atoms with Crippen LogP contribution in [0.3, 0.4) is 0 Å². The third-order valence-electron chi connectivity index (χ3n) is 2.65. The molecule has 0 radical (unpaired) electrons. The molecule has 1 aromatic heterocycles. The van der Waals surface area contributed by atoms with E-state index in [0.29, 0.717) is 11.3 Å². The number of nitrogen functional groups attached to an aromatic ring is 1. The van der Waals surface area contributed by atoms with Crippen LogP contribution in [-0.2, 0) is 6.42 Å². The molecular formula is C13H15N3OS. The number of nitrogens with one attached hydrogen (secondary N) is 1. The van der Waals surface area contributed by atoms with Gasteiger partial charge in [-0.3, -0.25) is 4.79 Å². The molecule has 1 amide bonds. The van der Waals surface area contributed by atoms with Crippen LogP contribution in [-0.4, -0.2) is 12.5 Å². The lowest BCUT2D eigenvalue weighted by Gasteiger charge is -2.09. The molecule has 1 aromatic carbocycles. The van der Waals surface area contributed by atoms with Gasteiger partial charge in [-0.15, -0.1) is 0 Å². The number of carbonyl (C=O) groups is 1. The molecule has 94 valence electrons. The summed E-state index contributed by atoms with van der Waals surface area (Å²) in [7, 11) is 0. The Hall–Kier alpha value is -2.01. The van der Waals surface area contributed by atoms with E-state index in [2.05, 4.69) is 22.1 Å². The van der Waals surface area contributed by atoms with Gasteiger partial charge in [0.05, 0.1) is 11.4 Å². The van der Waals surface area contributed by atoms with Crippen molar-refractivity contribution in [1.82, 2.24) is 0 Å². The molecule has 0 atom stereocenters.